The summed E-state index contributed by atoms with van der Waals surface area (Å²) in [4.78, 5) is 10.8. The van der Waals surface area contributed by atoms with Gasteiger partial charge in [-0.25, -0.2) is 8.78 Å². The molecule has 0 spiro atoms. The van der Waals surface area contributed by atoms with Crippen LogP contribution in [0.15, 0.2) is 0 Å². The van der Waals surface area contributed by atoms with Gasteiger partial charge in [-0.05, 0) is 35.3 Å². The number of carbonyl (C=O) groups excluding carboxylic acids is 1. The molecule has 15 heavy (non-hydrogen) atoms. The van der Waals surface area contributed by atoms with Gasteiger partial charge in [0.15, 0.2) is 0 Å². The van der Waals surface area contributed by atoms with Crippen molar-refractivity contribution >= 4 is 16.8 Å². The third-order valence-electron chi connectivity index (χ3n) is 4.47. The Morgan fingerprint density at radius 2 is 2.07 bits per heavy atom. The Labute approximate surface area is 93.2 Å². The smallest absolute Gasteiger partial charge is 0.251 e. The maximum Gasteiger partial charge on any atom is 0.251 e. The van der Waals surface area contributed by atoms with Crippen LogP contribution in [-0.2, 0) is 4.79 Å². The van der Waals surface area contributed by atoms with Crippen LogP contribution in [0.25, 0.3) is 0 Å². The molecule has 0 unspecified atom stereocenters. The van der Waals surface area contributed by atoms with Gasteiger partial charge in [-0.3, -0.25) is 4.79 Å². The minimum absolute atomic E-state index is 0.0430. The lowest BCUT2D eigenvalue weighted by atomic mass is 9.44. The van der Waals surface area contributed by atoms with Crippen LogP contribution in [-0.4, -0.2) is 11.2 Å². The standard InChI is InChI=1S/C11H15ClF2O/c1-10(2)6-3-7(10)8(4-9(12)15)11(13,14)5-6/h6-8H,3-5H2,1-2H3/t6-,7+,8+/m1/s1. The zero-order chi connectivity index (χ0) is 11.4. The van der Waals surface area contributed by atoms with E-state index in [1.807, 2.05) is 13.8 Å². The van der Waals surface area contributed by atoms with Crippen LogP contribution in [0.3, 0.4) is 0 Å². The fraction of sp³-hybridized carbons (Fsp3) is 0.909. The van der Waals surface area contributed by atoms with E-state index >= 15 is 0 Å². The summed E-state index contributed by atoms with van der Waals surface area (Å²) in [5.74, 6) is -3.48. The molecule has 1 nitrogen and oxygen atoms in total. The third-order valence-corrected chi connectivity index (χ3v) is 4.63. The van der Waals surface area contributed by atoms with Gasteiger partial charge in [0.05, 0.1) is 0 Å². The molecule has 0 N–H and O–H groups in total. The molecule has 2 bridgehead atoms. The first kappa shape index (κ1) is 11.3. The van der Waals surface area contributed by atoms with Crippen molar-refractivity contribution in [3.05, 3.63) is 0 Å². The molecule has 86 valence electrons. The molecule has 3 fully saturated rings. The summed E-state index contributed by atoms with van der Waals surface area (Å²) in [5, 5.41) is -0.638. The molecule has 0 aromatic rings. The summed E-state index contributed by atoms with van der Waals surface area (Å²) in [5.41, 5.74) is -0.0430. The predicted molar refractivity (Wildman–Crippen MR) is 53.9 cm³/mol. The van der Waals surface area contributed by atoms with E-state index in [1.54, 1.807) is 0 Å². The summed E-state index contributed by atoms with van der Waals surface area (Å²) in [6, 6.07) is 0. The molecule has 0 heterocycles. The molecule has 0 saturated heterocycles. The maximum absolute atomic E-state index is 13.6. The lowest BCUT2D eigenvalue weighted by Crippen LogP contribution is -2.60. The molecule has 3 rings (SSSR count). The van der Waals surface area contributed by atoms with Crippen LogP contribution >= 0.6 is 11.6 Å². The summed E-state index contributed by atoms with van der Waals surface area (Å²) < 4.78 is 27.3. The quantitative estimate of drug-likeness (QED) is 0.671. The van der Waals surface area contributed by atoms with Crippen LogP contribution in [0.1, 0.15) is 33.1 Å². The van der Waals surface area contributed by atoms with Gasteiger partial charge in [0.25, 0.3) is 5.92 Å². The molecular formula is C11H15ClF2O. The Balaban J connectivity index is 2.20. The van der Waals surface area contributed by atoms with Gasteiger partial charge in [0, 0.05) is 18.8 Å². The Morgan fingerprint density at radius 1 is 1.47 bits per heavy atom. The summed E-state index contributed by atoms with van der Waals surface area (Å²) in [7, 11) is 0. The van der Waals surface area contributed by atoms with E-state index in [0.717, 1.165) is 6.42 Å². The van der Waals surface area contributed by atoms with E-state index in [1.165, 1.54) is 0 Å². The molecule has 3 saturated carbocycles. The van der Waals surface area contributed by atoms with Crippen molar-refractivity contribution in [1.82, 2.24) is 0 Å². The highest BCUT2D eigenvalue weighted by Gasteiger charge is 2.64. The number of carbonyl (C=O) groups is 1. The van der Waals surface area contributed by atoms with E-state index in [2.05, 4.69) is 0 Å². The first-order valence-corrected chi connectivity index (χ1v) is 5.69. The Bertz CT molecular complexity index is 301. The van der Waals surface area contributed by atoms with Gasteiger partial charge in [0.1, 0.15) is 0 Å². The van der Waals surface area contributed by atoms with E-state index in [-0.39, 0.29) is 30.1 Å². The molecule has 0 aromatic carbocycles. The molecule has 3 atom stereocenters. The number of hydrogen-bond acceptors (Lipinski definition) is 1. The Hall–Kier alpha value is -0.180. The number of rotatable bonds is 2. The summed E-state index contributed by atoms with van der Waals surface area (Å²) >= 11 is 5.24. The molecule has 3 aliphatic carbocycles. The average molecular weight is 237 g/mol. The highest BCUT2D eigenvalue weighted by molar-refractivity contribution is 6.63. The molecule has 3 aliphatic rings. The van der Waals surface area contributed by atoms with Crippen molar-refractivity contribution in [2.75, 3.05) is 0 Å². The Kier molecular flexibility index (Phi) is 2.38. The topological polar surface area (TPSA) is 17.1 Å². The van der Waals surface area contributed by atoms with Gasteiger partial charge in [-0.15, -0.1) is 0 Å². The zero-order valence-corrected chi connectivity index (χ0v) is 9.65. The number of halogens is 3. The van der Waals surface area contributed by atoms with Crippen molar-refractivity contribution in [2.45, 2.75) is 39.0 Å². The van der Waals surface area contributed by atoms with E-state index in [4.69, 9.17) is 11.6 Å². The van der Waals surface area contributed by atoms with E-state index < -0.39 is 17.1 Å². The highest BCUT2D eigenvalue weighted by atomic mass is 35.5. The van der Waals surface area contributed by atoms with Gasteiger partial charge in [-0.2, -0.15) is 0 Å². The molecular weight excluding hydrogens is 222 g/mol. The van der Waals surface area contributed by atoms with Crippen LogP contribution in [0.2, 0.25) is 0 Å². The summed E-state index contributed by atoms with van der Waals surface area (Å²) in [6.07, 6.45) is 0.568. The van der Waals surface area contributed by atoms with Crippen molar-refractivity contribution in [1.29, 1.82) is 0 Å². The molecule has 0 aliphatic heterocycles. The molecule has 0 amide bonds. The van der Waals surface area contributed by atoms with Crippen LogP contribution in [0.4, 0.5) is 8.78 Å². The maximum atomic E-state index is 13.6. The lowest BCUT2D eigenvalue weighted by Gasteiger charge is -2.62. The first-order valence-electron chi connectivity index (χ1n) is 5.31. The largest absolute Gasteiger partial charge is 0.281 e. The third kappa shape index (κ3) is 1.59. The highest BCUT2D eigenvalue weighted by Crippen LogP contribution is 2.66. The van der Waals surface area contributed by atoms with Gasteiger partial charge >= 0.3 is 0 Å². The van der Waals surface area contributed by atoms with Crippen molar-refractivity contribution in [2.24, 2.45) is 23.2 Å². The Morgan fingerprint density at radius 3 is 2.53 bits per heavy atom. The second kappa shape index (κ2) is 3.16. The monoisotopic (exact) mass is 236 g/mol. The van der Waals surface area contributed by atoms with Crippen molar-refractivity contribution in [3.8, 4) is 0 Å². The van der Waals surface area contributed by atoms with Gasteiger partial charge in [0.2, 0.25) is 5.24 Å². The fourth-order valence-electron chi connectivity index (χ4n) is 3.32. The van der Waals surface area contributed by atoms with E-state index in [9.17, 15) is 13.6 Å². The fourth-order valence-corrected chi connectivity index (χ4v) is 3.49. The molecule has 4 heteroatoms. The minimum atomic E-state index is -2.70. The van der Waals surface area contributed by atoms with Gasteiger partial charge in [-0.1, -0.05) is 13.8 Å². The SMILES string of the molecule is CC1(C)[C@@H]2C[C@H]1[C@H](CC(=O)Cl)C(F)(F)C2. The lowest BCUT2D eigenvalue weighted by molar-refractivity contribution is -0.232. The minimum Gasteiger partial charge on any atom is -0.281 e. The second-order valence-corrected chi connectivity index (χ2v) is 5.91. The average Bonchev–Trinajstić information content (AvgIpc) is 2.06. The van der Waals surface area contributed by atoms with E-state index in [0.29, 0.717) is 0 Å². The van der Waals surface area contributed by atoms with Crippen LogP contribution < -0.4 is 0 Å². The number of hydrogen-bond donors (Lipinski definition) is 0. The summed E-state index contributed by atoms with van der Waals surface area (Å²) in [6.45, 7) is 4.04. The predicted octanol–water partition coefficient (Wildman–Crippen LogP) is 3.46. The second-order valence-electron chi connectivity index (χ2n) is 5.49. The van der Waals surface area contributed by atoms with Crippen molar-refractivity contribution < 1.29 is 13.6 Å². The van der Waals surface area contributed by atoms with Crippen LogP contribution in [0, 0.1) is 23.2 Å². The zero-order valence-electron chi connectivity index (χ0n) is 8.90. The van der Waals surface area contributed by atoms with Gasteiger partial charge < -0.3 is 0 Å². The first-order chi connectivity index (χ1) is 6.75. The normalized spacial score (nSPS) is 40.7. The van der Waals surface area contributed by atoms with Crippen LogP contribution in [0.5, 0.6) is 0 Å². The number of alkyl halides is 2. The molecule has 0 aromatic heterocycles. The van der Waals surface area contributed by atoms with Crippen molar-refractivity contribution in [3.63, 3.8) is 0 Å². The molecule has 0 radical (unpaired) electrons. The number of fused-ring (bicyclic) bond motifs is 2.